The maximum absolute atomic E-state index is 12.2. The maximum Gasteiger partial charge on any atom is 0.279 e. The normalized spacial score (nSPS) is 13.0. The maximum atomic E-state index is 12.2. The molecule has 2 aromatic rings. The molecule has 7 nitrogen and oxygen atoms in total. The molecule has 0 saturated heterocycles. The summed E-state index contributed by atoms with van der Waals surface area (Å²) in [5.41, 5.74) is 6.14. The molecule has 0 aliphatic heterocycles. The van der Waals surface area contributed by atoms with Crippen LogP contribution in [-0.2, 0) is 9.59 Å². The second-order valence-electron chi connectivity index (χ2n) is 5.66. The Balaban J connectivity index is 1.89. The Morgan fingerprint density at radius 1 is 1.20 bits per heavy atom. The number of carbonyl (C=O) groups is 2. The van der Waals surface area contributed by atoms with Gasteiger partial charge in [0.2, 0.25) is 5.91 Å². The number of aryl methyl sites for hydroxylation is 2. The molecule has 0 fully saturated rings. The second kappa shape index (κ2) is 8.15. The van der Waals surface area contributed by atoms with Crippen LogP contribution in [0.25, 0.3) is 0 Å². The Bertz CT molecular complexity index is 756. The van der Waals surface area contributed by atoms with Gasteiger partial charge < -0.3 is 9.26 Å². The van der Waals surface area contributed by atoms with Crippen LogP contribution < -0.4 is 15.6 Å². The molecule has 0 radical (unpaired) electrons. The summed E-state index contributed by atoms with van der Waals surface area (Å²) in [5.74, 6) is -0.199. The van der Waals surface area contributed by atoms with Crippen molar-refractivity contribution in [3.63, 3.8) is 0 Å². The standard InChI is InChI=1S/C17H20BrN3O4/c1-9(15-10(2)21-25-11(15)3)16(22)19-20-17(23)12(4)24-14-7-5-6-13(18)8-14/h5-9,12H,1-4H3,(H,19,22)(H,20,23). The van der Waals surface area contributed by atoms with E-state index in [1.54, 1.807) is 45.9 Å². The molecule has 2 rings (SSSR count). The topological polar surface area (TPSA) is 93.5 Å². The number of hydrogen-bond donors (Lipinski definition) is 2. The first-order chi connectivity index (χ1) is 11.8. The number of amides is 2. The molecule has 0 spiro atoms. The van der Waals surface area contributed by atoms with E-state index in [9.17, 15) is 9.59 Å². The molecule has 2 atom stereocenters. The Labute approximate surface area is 154 Å². The van der Waals surface area contributed by atoms with E-state index in [2.05, 4.69) is 31.9 Å². The van der Waals surface area contributed by atoms with Gasteiger partial charge in [-0.05, 0) is 45.9 Å². The molecular weight excluding hydrogens is 390 g/mol. The van der Waals surface area contributed by atoms with Crippen LogP contribution in [0, 0.1) is 13.8 Å². The third-order valence-corrected chi connectivity index (χ3v) is 4.20. The van der Waals surface area contributed by atoms with E-state index >= 15 is 0 Å². The highest BCUT2D eigenvalue weighted by atomic mass is 79.9. The van der Waals surface area contributed by atoms with Crippen molar-refractivity contribution in [2.24, 2.45) is 0 Å². The van der Waals surface area contributed by atoms with Crippen molar-refractivity contribution in [1.29, 1.82) is 0 Å². The molecule has 134 valence electrons. The fourth-order valence-electron chi connectivity index (χ4n) is 2.37. The fourth-order valence-corrected chi connectivity index (χ4v) is 2.75. The van der Waals surface area contributed by atoms with Crippen LogP contribution in [0.15, 0.2) is 33.3 Å². The highest BCUT2D eigenvalue weighted by molar-refractivity contribution is 9.10. The van der Waals surface area contributed by atoms with Crippen molar-refractivity contribution in [2.45, 2.75) is 39.7 Å². The van der Waals surface area contributed by atoms with Gasteiger partial charge in [0, 0.05) is 10.0 Å². The van der Waals surface area contributed by atoms with Crippen LogP contribution in [-0.4, -0.2) is 23.1 Å². The molecule has 0 bridgehead atoms. The van der Waals surface area contributed by atoms with Gasteiger partial charge in [0.05, 0.1) is 11.6 Å². The first kappa shape index (κ1) is 19.0. The number of ether oxygens (including phenoxy) is 1. The zero-order chi connectivity index (χ0) is 18.6. The van der Waals surface area contributed by atoms with E-state index in [1.807, 2.05) is 6.07 Å². The monoisotopic (exact) mass is 409 g/mol. The SMILES string of the molecule is Cc1noc(C)c1C(C)C(=O)NNC(=O)C(C)Oc1cccc(Br)c1. The number of aromatic nitrogens is 1. The smallest absolute Gasteiger partial charge is 0.279 e. The first-order valence-corrected chi connectivity index (χ1v) is 8.53. The summed E-state index contributed by atoms with van der Waals surface area (Å²) in [6.45, 7) is 6.82. The number of nitrogens with one attached hydrogen (secondary N) is 2. The first-order valence-electron chi connectivity index (χ1n) is 7.74. The van der Waals surface area contributed by atoms with Gasteiger partial charge in [0.25, 0.3) is 5.91 Å². The molecule has 2 unspecified atom stereocenters. The van der Waals surface area contributed by atoms with E-state index in [0.717, 1.165) is 4.47 Å². The van der Waals surface area contributed by atoms with Gasteiger partial charge in [0.15, 0.2) is 6.10 Å². The van der Waals surface area contributed by atoms with E-state index in [0.29, 0.717) is 22.8 Å². The lowest BCUT2D eigenvalue weighted by molar-refractivity contribution is -0.133. The molecule has 1 aromatic carbocycles. The summed E-state index contributed by atoms with van der Waals surface area (Å²) in [5, 5.41) is 3.83. The molecule has 25 heavy (non-hydrogen) atoms. The number of nitrogens with zero attached hydrogens (tertiary/aromatic N) is 1. The number of halogens is 1. The summed E-state index contributed by atoms with van der Waals surface area (Å²) in [6.07, 6.45) is -0.774. The number of rotatable bonds is 5. The third kappa shape index (κ3) is 4.82. The Morgan fingerprint density at radius 2 is 1.88 bits per heavy atom. The third-order valence-electron chi connectivity index (χ3n) is 3.70. The highest BCUT2D eigenvalue weighted by Crippen LogP contribution is 2.23. The molecule has 0 aliphatic carbocycles. The molecule has 0 saturated carbocycles. The van der Waals surface area contributed by atoms with E-state index < -0.39 is 17.9 Å². The largest absolute Gasteiger partial charge is 0.481 e. The zero-order valence-corrected chi connectivity index (χ0v) is 16.0. The minimum absolute atomic E-state index is 0.364. The molecule has 1 aromatic heterocycles. The summed E-state index contributed by atoms with van der Waals surface area (Å²) >= 11 is 3.33. The van der Waals surface area contributed by atoms with E-state index in [-0.39, 0.29) is 5.91 Å². The Morgan fingerprint density at radius 3 is 2.48 bits per heavy atom. The van der Waals surface area contributed by atoms with Crippen LogP contribution in [0.2, 0.25) is 0 Å². The molecular formula is C17H20BrN3O4. The predicted octanol–water partition coefficient (Wildman–Crippen LogP) is 2.77. The molecule has 0 aliphatic rings. The molecule has 2 amide bonds. The summed E-state index contributed by atoms with van der Waals surface area (Å²) < 4.78 is 11.5. The van der Waals surface area contributed by atoms with Crippen molar-refractivity contribution in [3.8, 4) is 5.75 Å². The zero-order valence-electron chi connectivity index (χ0n) is 14.4. The van der Waals surface area contributed by atoms with Crippen LogP contribution in [0.4, 0.5) is 0 Å². The van der Waals surface area contributed by atoms with Crippen LogP contribution in [0.3, 0.4) is 0 Å². The van der Waals surface area contributed by atoms with E-state index in [4.69, 9.17) is 9.26 Å². The van der Waals surface area contributed by atoms with E-state index in [1.165, 1.54) is 0 Å². The lowest BCUT2D eigenvalue weighted by Crippen LogP contribution is -2.48. The Kier molecular flexibility index (Phi) is 6.19. The van der Waals surface area contributed by atoms with Gasteiger partial charge in [-0.2, -0.15) is 0 Å². The average Bonchev–Trinajstić information content (AvgIpc) is 2.90. The summed E-state index contributed by atoms with van der Waals surface area (Å²) in [4.78, 5) is 24.3. The lowest BCUT2D eigenvalue weighted by atomic mass is 9.99. The van der Waals surface area contributed by atoms with Crippen LogP contribution >= 0.6 is 15.9 Å². The number of benzene rings is 1. The summed E-state index contributed by atoms with van der Waals surface area (Å²) in [7, 11) is 0. The van der Waals surface area contributed by atoms with Crippen molar-refractivity contribution in [3.05, 3.63) is 45.8 Å². The van der Waals surface area contributed by atoms with Gasteiger partial charge in [-0.15, -0.1) is 0 Å². The summed E-state index contributed by atoms with van der Waals surface area (Å²) in [6, 6.07) is 7.15. The van der Waals surface area contributed by atoms with Crippen molar-refractivity contribution >= 4 is 27.7 Å². The van der Waals surface area contributed by atoms with Crippen LogP contribution in [0.1, 0.15) is 36.8 Å². The number of hydrazine groups is 1. The minimum atomic E-state index is -0.774. The van der Waals surface area contributed by atoms with Crippen molar-refractivity contribution < 1.29 is 18.8 Å². The van der Waals surface area contributed by atoms with Gasteiger partial charge in [0.1, 0.15) is 11.5 Å². The minimum Gasteiger partial charge on any atom is -0.481 e. The Hall–Kier alpha value is -2.35. The highest BCUT2D eigenvalue weighted by Gasteiger charge is 2.24. The van der Waals surface area contributed by atoms with Gasteiger partial charge in [-0.25, -0.2) is 0 Å². The van der Waals surface area contributed by atoms with Gasteiger partial charge in [-0.1, -0.05) is 27.2 Å². The molecule has 2 N–H and O–H groups in total. The lowest BCUT2D eigenvalue weighted by Gasteiger charge is -2.17. The average molecular weight is 410 g/mol. The van der Waals surface area contributed by atoms with Crippen LogP contribution in [0.5, 0.6) is 5.75 Å². The van der Waals surface area contributed by atoms with Crippen molar-refractivity contribution in [1.82, 2.24) is 16.0 Å². The fraction of sp³-hybridized carbons (Fsp3) is 0.353. The number of carbonyl (C=O) groups excluding carboxylic acids is 2. The molecule has 1 heterocycles. The quantitative estimate of drug-likeness (QED) is 0.740. The predicted molar refractivity (Wildman–Crippen MR) is 94.9 cm³/mol. The van der Waals surface area contributed by atoms with Gasteiger partial charge >= 0.3 is 0 Å². The number of hydrogen-bond acceptors (Lipinski definition) is 5. The van der Waals surface area contributed by atoms with Crippen molar-refractivity contribution in [2.75, 3.05) is 0 Å². The molecule has 8 heteroatoms. The van der Waals surface area contributed by atoms with Gasteiger partial charge in [-0.3, -0.25) is 20.4 Å². The second-order valence-corrected chi connectivity index (χ2v) is 6.57.